The average Bonchev–Trinajstić information content (AvgIpc) is 2.26. The molecule has 1 rings (SSSR count). The number of methoxy groups -OCH3 is 1. The maximum absolute atomic E-state index is 10.8. The first kappa shape index (κ1) is 11.7. The number of hydrogen-bond acceptors (Lipinski definition) is 4. The Balaban J connectivity index is 3.24. The number of esters is 1. The number of nitro groups is 1. The highest BCUT2D eigenvalue weighted by Crippen LogP contribution is 2.20. The Labute approximate surface area is 92.2 Å². The van der Waals surface area contributed by atoms with E-state index in [2.05, 4.69) is 16.6 Å². The molecule has 0 fully saturated rings. The average molecular weight is 219 g/mol. The number of ether oxygens (including phenoxy) is 1. The molecule has 0 saturated carbocycles. The topological polar surface area (TPSA) is 69.4 Å². The number of rotatable bonds is 1. The van der Waals surface area contributed by atoms with E-state index in [9.17, 15) is 14.9 Å². The van der Waals surface area contributed by atoms with Gasteiger partial charge in [-0.2, -0.15) is 0 Å². The van der Waals surface area contributed by atoms with Crippen LogP contribution in [-0.2, 0) is 9.53 Å². The van der Waals surface area contributed by atoms with Crippen LogP contribution in [0.2, 0.25) is 0 Å². The van der Waals surface area contributed by atoms with Gasteiger partial charge < -0.3 is 4.74 Å². The van der Waals surface area contributed by atoms with Crippen LogP contribution in [0.5, 0.6) is 0 Å². The largest absolute Gasteiger partial charge is 0.459 e. The monoisotopic (exact) mass is 219 g/mol. The molecule has 0 unspecified atom stereocenters. The summed E-state index contributed by atoms with van der Waals surface area (Å²) >= 11 is 0. The summed E-state index contributed by atoms with van der Waals surface area (Å²) in [5.74, 6) is 3.89. The van der Waals surface area contributed by atoms with Crippen LogP contribution < -0.4 is 0 Å². The van der Waals surface area contributed by atoms with Crippen molar-refractivity contribution in [1.29, 1.82) is 0 Å². The Morgan fingerprint density at radius 2 is 2.19 bits per heavy atom. The zero-order chi connectivity index (χ0) is 12.1. The van der Waals surface area contributed by atoms with Gasteiger partial charge in [0.15, 0.2) is 0 Å². The highest BCUT2D eigenvalue weighted by molar-refractivity contribution is 5.89. The molecule has 0 aromatic heterocycles. The third-order valence-corrected chi connectivity index (χ3v) is 1.92. The molecule has 0 bridgehead atoms. The summed E-state index contributed by atoms with van der Waals surface area (Å²) in [6, 6.07) is 4.60. The molecule has 0 atom stereocenters. The van der Waals surface area contributed by atoms with Crippen molar-refractivity contribution in [1.82, 2.24) is 0 Å². The standard InChI is InChI=1S/C11H9NO4/c1-8-4-3-5-10(12(14)15)9(8)6-7-11(13)16-2/h3-5H,1-2H3. The minimum Gasteiger partial charge on any atom is -0.459 e. The highest BCUT2D eigenvalue weighted by atomic mass is 16.6. The molecule has 0 aliphatic heterocycles. The first-order valence-corrected chi connectivity index (χ1v) is 4.40. The van der Waals surface area contributed by atoms with E-state index in [-0.39, 0.29) is 11.3 Å². The lowest BCUT2D eigenvalue weighted by Gasteiger charge is -1.98. The minimum absolute atomic E-state index is 0.114. The van der Waals surface area contributed by atoms with Crippen molar-refractivity contribution < 1.29 is 14.5 Å². The Hall–Kier alpha value is -2.35. The summed E-state index contributed by atoms with van der Waals surface area (Å²) < 4.78 is 4.33. The molecule has 1 aromatic rings. The first-order chi connectivity index (χ1) is 7.56. The number of nitro benzene ring substituents is 1. The lowest BCUT2D eigenvalue weighted by molar-refractivity contribution is -0.385. The molecule has 5 heteroatoms. The normalized spacial score (nSPS) is 8.88. The van der Waals surface area contributed by atoms with Gasteiger partial charge in [-0.3, -0.25) is 10.1 Å². The van der Waals surface area contributed by atoms with Crippen LogP contribution in [0.1, 0.15) is 11.1 Å². The van der Waals surface area contributed by atoms with Crippen LogP contribution in [-0.4, -0.2) is 18.0 Å². The number of carbonyl (C=O) groups is 1. The molecule has 0 amide bonds. The summed E-state index contributed by atoms with van der Waals surface area (Å²) in [7, 11) is 1.20. The molecular formula is C11H9NO4. The Kier molecular flexibility index (Phi) is 3.62. The zero-order valence-corrected chi connectivity index (χ0v) is 8.81. The van der Waals surface area contributed by atoms with E-state index in [0.29, 0.717) is 5.56 Å². The van der Waals surface area contributed by atoms with Gasteiger partial charge in [-0.15, -0.1) is 0 Å². The number of nitrogens with zero attached hydrogens (tertiary/aromatic N) is 1. The van der Waals surface area contributed by atoms with Crippen molar-refractivity contribution >= 4 is 11.7 Å². The van der Waals surface area contributed by atoms with Gasteiger partial charge in [0.05, 0.1) is 12.0 Å². The number of hydrogen-bond donors (Lipinski definition) is 0. The van der Waals surface area contributed by atoms with Crippen molar-refractivity contribution in [2.75, 3.05) is 7.11 Å². The molecule has 0 N–H and O–H groups in total. The second-order valence-electron chi connectivity index (χ2n) is 2.97. The fourth-order valence-electron chi connectivity index (χ4n) is 1.13. The number of aryl methyl sites for hydroxylation is 1. The fourth-order valence-corrected chi connectivity index (χ4v) is 1.13. The first-order valence-electron chi connectivity index (χ1n) is 4.40. The molecule has 0 radical (unpaired) electrons. The third-order valence-electron chi connectivity index (χ3n) is 1.92. The molecule has 82 valence electrons. The highest BCUT2D eigenvalue weighted by Gasteiger charge is 2.13. The van der Waals surface area contributed by atoms with Crippen molar-refractivity contribution in [3.8, 4) is 11.8 Å². The molecule has 0 saturated heterocycles. The Morgan fingerprint density at radius 1 is 1.50 bits per heavy atom. The van der Waals surface area contributed by atoms with Gasteiger partial charge in [-0.1, -0.05) is 12.1 Å². The molecular weight excluding hydrogens is 210 g/mol. The van der Waals surface area contributed by atoms with E-state index in [0.717, 1.165) is 0 Å². The van der Waals surface area contributed by atoms with E-state index < -0.39 is 10.9 Å². The van der Waals surface area contributed by atoms with Crippen molar-refractivity contribution in [3.63, 3.8) is 0 Å². The quantitative estimate of drug-likeness (QED) is 0.310. The SMILES string of the molecule is COC(=O)C#Cc1c(C)cccc1[N+](=O)[O-]. The van der Waals surface area contributed by atoms with Gasteiger partial charge in [-0.25, -0.2) is 4.79 Å². The second-order valence-corrected chi connectivity index (χ2v) is 2.97. The molecule has 1 aromatic carbocycles. The van der Waals surface area contributed by atoms with Crippen molar-refractivity contribution in [3.05, 3.63) is 39.4 Å². The van der Waals surface area contributed by atoms with E-state index in [1.165, 1.54) is 13.2 Å². The smallest absolute Gasteiger partial charge is 0.384 e. The zero-order valence-electron chi connectivity index (χ0n) is 8.81. The summed E-state index contributed by atoms with van der Waals surface area (Å²) in [5.41, 5.74) is 0.764. The van der Waals surface area contributed by atoms with Crippen LogP contribution in [0.15, 0.2) is 18.2 Å². The molecule has 0 aliphatic rings. The van der Waals surface area contributed by atoms with Gasteiger partial charge in [-0.05, 0) is 18.4 Å². The second kappa shape index (κ2) is 4.94. The Bertz CT molecular complexity index is 496. The summed E-state index contributed by atoms with van der Waals surface area (Å²) in [6.45, 7) is 1.69. The lowest BCUT2D eigenvalue weighted by atomic mass is 10.1. The summed E-state index contributed by atoms with van der Waals surface area (Å²) in [5, 5.41) is 10.7. The van der Waals surface area contributed by atoms with Crippen LogP contribution >= 0.6 is 0 Å². The van der Waals surface area contributed by atoms with E-state index in [1.54, 1.807) is 19.1 Å². The maximum atomic E-state index is 10.8. The van der Waals surface area contributed by atoms with Crippen LogP contribution in [0.4, 0.5) is 5.69 Å². The van der Waals surface area contributed by atoms with Crippen LogP contribution in [0.3, 0.4) is 0 Å². The Morgan fingerprint density at radius 3 is 2.75 bits per heavy atom. The fraction of sp³-hybridized carbons (Fsp3) is 0.182. The van der Waals surface area contributed by atoms with Crippen LogP contribution in [0.25, 0.3) is 0 Å². The van der Waals surface area contributed by atoms with Crippen LogP contribution in [0, 0.1) is 28.9 Å². The molecule has 5 nitrogen and oxygen atoms in total. The predicted molar refractivity (Wildman–Crippen MR) is 56.7 cm³/mol. The minimum atomic E-state index is -0.724. The van der Waals surface area contributed by atoms with Gasteiger partial charge >= 0.3 is 5.97 Å². The number of carbonyl (C=O) groups excluding carboxylic acids is 1. The molecule has 0 heterocycles. The lowest BCUT2D eigenvalue weighted by Crippen LogP contribution is -1.97. The summed E-state index contributed by atoms with van der Waals surface area (Å²) in [6.07, 6.45) is 0. The van der Waals surface area contributed by atoms with Gasteiger partial charge in [0.25, 0.3) is 5.69 Å². The predicted octanol–water partition coefficient (Wildman–Crippen LogP) is 1.43. The number of benzene rings is 1. The molecule has 0 aliphatic carbocycles. The van der Waals surface area contributed by atoms with Gasteiger partial charge in [0, 0.05) is 12.0 Å². The van der Waals surface area contributed by atoms with Gasteiger partial charge in [0.1, 0.15) is 5.56 Å². The van der Waals surface area contributed by atoms with E-state index in [4.69, 9.17) is 0 Å². The summed E-state index contributed by atoms with van der Waals surface area (Å²) in [4.78, 5) is 21.0. The molecule has 16 heavy (non-hydrogen) atoms. The van der Waals surface area contributed by atoms with E-state index >= 15 is 0 Å². The third kappa shape index (κ3) is 2.58. The van der Waals surface area contributed by atoms with Crippen molar-refractivity contribution in [2.24, 2.45) is 0 Å². The maximum Gasteiger partial charge on any atom is 0.384 e. The van der Waals surface area contributed by atoms with Gasteiger partial charge in [0.2, 0.25) is 0 Å². The van der Waals surface area contributed by atoms with E-state index in [1.807, 2.05) is 0 Å². The molecule has 0 spiro atoms. The van der Waals surface area contributed by atoms with Crippen molar-refractivity contribution in [2.45, 2.75) is 6.92 Å².